The molecule has 3 heterocycles. The smallest absolute Gasteiger partial charge is 0.370 e. The van der Waals surface area contributed by atoms with Crippen molar-refractivity contribution < 1.29 is 13.2 Å². The van der Waals surface area contributed by atoms with Crippen molar-refractivity contribution in [3.8, 4) is 0 Å². The molecule has 1 aliphatic rings. The molecule has 0 bridgehead atoms. The lowest BCUT2D eigenvalue weighted by Gasteiger charge is -2.33. The molecular formula is C27H13F3N8. The highest BCUT2D eigenvalue weighted by Gasteiger charge is 2.41. The summed E-state index contributed by atoms with van der Waals surface area (Å²) in [6, 6.07) is 21.1. The van der Waals surface area contributed by atoms with Gasteiger partial charge in [-0.1, -0.05) is 49.5 Å². The molecule has 38 heavy (non-hydrogen) atoms. The Labute approximate surface area is 213 Å². The van der Waals surface area contributed by atoms with Crippen LogP contribution in [-0.2, 0) is 6.18 Å². The third kappa shape index (κ3) is 3.62. The van der Waals surface area contributed by atoms with Gasteiger partial charge in [-0.05, 0) is 42.5 Å². The number of anilines is 6. The number of para-hydroxylation sites is 2. The zero-order valence-electron chi connectivity index (χ0n) is 19.2. The van der Waals surface area contributed by atoms with Crippen LogP contribution < -0.4 is 9.80 Å². The number of benzene rings is 3. The van der Waals surface area contributed by atoms with Crippen LogP contribution in [0.4, 0.5) is 59.5 Å². The Morgan fingerprint density at radius 1 is 0.579 bits per heavy atom. The van der Waals surface area contributed by atoms with E-state index in [1.807, 2.05) is 12.1 Å². The van der Waals surface area contributed by atoms with E-state index in [9.17, 15) is 13.2 Å². The van der Waals surface area contributed by atoms with E-state index in [0.29, 0.717) is 11.4 Å². The van der Waals surface area contributed by atoms with Crippen LogP contribution in [0.1, 0.15) is 5.56 Å². The summed E-state index contributed by atoms with van der Waals surface area (Å²) in [4.78, 5) is 28.3. The first kappa shape index (κ1) is 22.9. The fourth-order valence-electron chi connectivity index (χ4n) is 4.21. The van der Waals surface area contributed by atoms with Crippen molar-refractivity contribution in [2.45, 2.75) is 6.18 Å². The number of rotatable bonds is 2. The molecular weight excluding hydrogens is 493 g/mol. The van der Waals surface area contributed by atoms with Crippen LogP contribution in [0, 0.1) is 13.1 Å². The molecule has 0 spiro atoms. The van der Waals surface area contributed by atoms with Crippen LogP contribution in [0.5, 0.6) is 0 Å². The van der Waals surface area contributed by atoms with E-state index in [0.717, 1.165) is 12.1 Å². The second-order valence-electron chi connectivity index (χ2n) is 8.16. The molecule has 5 aromatic rings. The van der Waals surface area contributed by atoms with Gasteiger partial charge in [0, 0.05) is 0 Å². The van der Waals surface area contributed by atoms with Gasteiger partial charge in [-0.15, -0.1) is 9.97 Å². The van der Waals surface area contributed by atoms with Crippen LogP contribution in [-0.4, -0.2) is 19.9 Å². The highest BCUT2D eigenvalue weighted by atomic mass is 19.4. The highest BCUT2D eigenvalue weighted by molar-refractivity contribution is 5.99. The third-order valence-corrected chi connectivity index (χ3v) is 5.87. The lowest BCUT2D eigenvalue weighted by atomic mass is 10.1. The van der Waals surface area contributed by atoms with E-state index >= 15 is 0 Å². The Balaban J connectivity index is 1.73. The van der Waals surface area contributed by atoms with Crippen LogP contribution in [0.3, 0.4) is 0 Å². The normalized spacial score (nSPS) is 12.4. The van der Waals surface area contributed by atoms with Crippen LogP contribution >= 0.6 is 0 Å². The molecule has 0 radical (unpaired) electrons. The molecule has 1 aliphatic heterocycles. The largest absolute Gasteiger partial charge is 0.416 e. The van der Waals surface area contributed by atoms with Crippen molar-refractivity contribution in [3.63, 3.8) is 0 Å². The summed E-state index contributed by atoms with van der Waals surface area (Å²) < 4.78 is 40.5. The molecule has 8 nitrogen and oxygen atoms in total. The number of hydrogen-bond acceptors (Lipinski definition) is 6. The summed E-state index contributed by atoms with van der Waals surface area (Å²) in [6.07, 6.45) is -4.56. The summed E-state index contributed by atoms with van der Waals surface area (Å²) in [5.74, 6) is 0.503. The Morgan fingerprint density at radius 2 is 1.03 bits per heavy atom. The number of hydrogen-bond donors (Lipinski definition) is 0. The Kier molecular flexibility index (Phi) is 5.14. The molecule has 0 aliphatic carbocycles. The minimum atomic E-state index is -4.56. The summed E-state index contributed by atoms with van der Waals surface area (Å²) in [5, 5.41) is 0. The minimum absolute atomic E-state index is 0.0344. The molecule has 2 aromatic heterocycles. The molecule has 0 atom stereocenters. The fourth-order valence-corrected chi connectivity index (χ4v) is 4.21. The van der Waals surface area contributed by atoms with Crippen molar-refractivity contribution in [1.82, 2.24) is 19.9 Å². The first-order valence-corrected chi connectivity index (χ1v) is 11.2. The van der Waals surface area contributed by atoms with Gasteiger partial charge in [0.15, 0.2) is 11.6 Å². The van der Waals surface area contributed by atoms with E-state index in [1.165, 1.54) is 6.07 Å². The average molecular weight is 506 g/mol. The first-order chi connectivity index (χ1) is 18.4. The number of halogens is 3. The van der Waals surface area contributed by atoms with Crippen molar-refractivity contribution in [1.29, 1.82) is 0 Å². The highest BCUT2D eigenvalue weighted by Crippen LogP contribution is 2.52. The first-order valence-electron chi connectivity index (χ1n) is 11.2. The number of alkyl halides is 3. The van der Waals surface area contributed by atoms with Gasteiger partial charge < -0.3 is 9.69 Å². The lowest BCUT2D eigenvalue weighted by molar-refractivity contribution is -0.137. The van der Waals surface area contributed by atoms with Gasteiger partial charge in [0.25, 0.3) is 11.6 Å². The molecule has 3 aromatic carbocycles. The number of fused-ring (bicyclic) bond motifs is 3. The maximum absolute atomic E-state index is 13.5. The van der Waals surface area contributed by atoms with Gasteiger partial charge >= 0.3 is 17.8 Å². The van der Waals surface area contributed by atoms with Gasteiger partial charge in [-0.3, -0.25) is 9.80 Å². The van der Waals surface area contributed by atoms with Gasteiger partial charge in [0.1, 0.15) is 0 Å². The number of nitrogens with zero attached hydrogens (tertiary/aromatic N) is 8. The molecule has 6 rings (SSSR count). The average Bonchev–Trinajstić information content (AvgIpc) is 2.94. The Bertz CT molecular complexity index is 1790. The second kappa shape index (κ2) is 8.54. The predicted octanol–water partition coefficient (Wildman–Crippen LogP) is 7.79. The monoisotopic (exact) mass is 506 g/mol. The van der Waals surface area contributed by atoms with E-state index < -0.39 is 11.7 Å². The SMILES string of the molecule is [C-]#[N+]c1nc2c(nc1[N+]#[C-])N(c1ccccc1)c1nc3cc(C(F)(F)F)ccc3nc1N2c1ccccc1. The van der Waals surface area contributed by atoms with Gasteiger partial charge in [-0.2, -0.15) is 13.2 Å². The van der Waals surface area contributed by atoms with Gasteiger partial charge in [-0.25, -0.2) is 9.97 Å². The molecule has 0 amide bonds. The lowest BCUT2D eigenvalue weighted by Crippen LogP contribution is -2.28. The van der Waals surface area contributed by atoms with Crippen molar-refractivity contribution >= 4 is 57.3 Å². The van der Waals surface area contributed by atoms with Crippen LogP contribution in [0.15, 0.2) is 78.9 Å². The summed E-state index contributed by atoms with van der Waals surface area (Å²) in [6.45, 7) is 15.1. The summed E-state index contributed by atoms with van der Waals surface area (Å²) in [7, 11) is 0. The van der Waals surface area contributed by atoms with Gasteiger partial charge in [0.05, 0.1) is 28.0 Å². The van der Waals surface area contributed by atoms with E-state index in [4.69, 9.17) is 18.1 Å². The fraction of sp³-hybridized carbons (Fsp3) is 0.0370. The standard InChI is InChI=1S/C27H13F3N8/c1-31-21-22(32-2)36-26-25(35-21)37(17-9-5-3-6-10-17)23-24(38(26)18-11-7-4-8-12-18)34-20-15-16(27(28,29)30)13-14-19(20)33-23/h3-15H. The maximum atomic E-state index is 13.5. The number of aromatic nitrogens is 4. The van der Waals surface area contributed by atoms with Gasteiger partial charge in [0.2, 0.25) is 0 Å². The zero-order valence-corrected chi connectivity index (χ0v) is 19.2. The molecule has 0 N–H and O–H groups in total. The molecule has 0 unspecified atom stereocenters. The second-order valence-corrected chi connectivity index (χ2v) is 8.16. The van der Waals surface area contributed by atoms with Crippen LogP contribution in [0.2, 0.25) is 0 Å². The summed E-state index contributed by atoms with van der Waals surface area (Å²) >= 11 is 0. The molecule has 0 saturated carbocycles. The quantitative estimate of drug-likeness (QED) is 0.223. The van der Waals surface area contributed by atoms with E-state index in [2.05, 4.69) is 24.6 Å². The molecule has 0 fully saturated rings. The minimum Gasteiger partial charge on any atom is -0.370 e. The van der Waals surface area contributed by atoms with Crippen LogP contribution in [0.25, 0.3) is 20.7 Å². The van der Waals surface area contributed by atoms with Crippen molar-refractivity contribution in [2.24, 2.45) is 0 Å². The topological polar surface area (TPSA) is 66.8 Å². The van der Waals surface area contributed by atoms with Crippen molar-refractivity contribution in [2.75, 3.05) is 9.80 Å². The molecule has 0 saturated heterocycles. The zero-order chi connectivity index (χ0) is 26.4. The third-order valence-electron chi connectivity index (χ3n) is 5.87. The van der Waals surface area contributed by atoms with E-state index in [1.54, 1.807) is 58.3 Å². The molecule has 11 heteroatoms. The Morgan fingerprint density at radius 3 is 1.47 bits per heavy atom. The molecule has 182 valence electrons. The maximum Gasteiger partial charge on any atom is 0.416 e. The van der Waals surface area contributed by atoms with E-state index in [-0.39, 0.29) is 45.9 Å². The van der Waals surface area contributed by atoms with Crippen molar-refractivity contribution in [3.05, 3.63) is 107 Å². The predicted molar refractivity (Wildman–Crippen MR) is 136 cm³/mol. The summed E-state index contributed by atoms with van der Waals surface area (Å²) in [5.41, 5.74) is 0.615. The Hall–Kier alpha value is -5.55.